The zero-order valence-corrected chi connectivity index (χ0v) is 13.9. The topological polar surface area (TPSA) is 21.3 Å². The van der Waals surface area contributed by atoms with Gasteiger partial charge in [-0.15, -0.1) is 0 Å². The van der Waals surface area contributed by atoms with Crippen molar-refractivity contribution < 1.29 is 4.74 Å². The summed E-state index contributed by atoms with van der Waals surface area (Å²) in [6, 6.07) is 16.0. The highest BCUT2D eigenvalue weighted by atomic mass is 35.5. The molecule has 0 radical (unpaired) electrons. The van der Waals surface area contributed by atoms with Gasteiger partial charge in [0.05, 0.1) is 0 Å². The molecule has 0 aliphatic carbocycles. The fourth-order valence-corrected chi connectivity index (χ4v) is 2.44. The first-order valence-corrected chi connectivity index (χ1v) is 8.33. The van der Waals surface area contributed by atoms with Crippen molar-refractivity contribution in [2.75, 3.05) is 6.54 Å². The van der Waals surface area contributed by atoms with Gasteiger partial charge in [0, 0.05) is 17.1 Å². The Morgan fingerprint density at radius 1 is 1.05 bits per heavy atom. The molecule has 0 aromatic heterocycles. The molecule has 2 aromatic carbocycles. The van der Waals surface area contributed by atoms with Crippen LogP contribution in [0, 0.1) is 0 Å². The quantitative estimate of drug-likeness (QED) is 0.642. The molecule has 2 aromatic rings. The molecule has 2 nitrogen and oxygen atoms in total. The van der Waals surface area contributed by atoms with Gasteiger partial charge in [0.15, 0.2) is 0 Å². The second-order valence-electron chi connectivity index (χ2n) is 5.41. The Morgan fingerprint density at radius 3 is 2.73 bits per heavy atom. The van der Waals surface area contributed by atoms with Crippen LogP contribution >= 0.6 is 11.6 Å². The summed E-state index contributed by atoms with van der Waals surface area (Å²) in [5.41, 5.74) is 2.25. The lowest BCUT2D eigenvalue weighted by Gasteiger charge is -2.10. The third-order valence-electron chi connectivity index (χ3n) is 3.54. The predicted molar refractivity (Wildman–Crippen MR) is 93.5 cm³/mol. The maximum absolute atomic E-state index is 6.14. The zero-order chi connectivity index (χ0) is 15.6. The lowest BCUT2D eigenvalue weighted by molar-refractivity contribution is 0.306. The highest BCUT2D eigenvalue weighted by molar-refractivity contribution is 6.31. The van der Waals surface area contributed by atoms with Crippen molar-refractivity contribution >= 4 is 11.6 Å². The van der Waals surface area contributed by atoms with Crippen molar-refractivity contribution in [1.29, 1.82) is 0 Å². The molecule has 1 N–H and O–H groups in total. The van der Waals surface area contributed by atoms with Crippen LogP contribution in [-0.4, -0.2) is 6.54 Å². The highest BCUT2D eigenvalue weighted by Gasteiger charge is 2.01. The van der Waals surface area contributed by atoms with Gasteiger partial charge in [-0.3, -0.25) is 0 Å². The van der Waals surface area contributed by atoms with Gasteiger partial charge in [-0.25, -0.2) is 0 Å². The van der Waals surface area contributed by atoms with Crippen LogP contribution in [-0.2, 0) is 13.2 Å². The van der Waals surface area contributed by atoms with E-state index in [-0.39, 0.29) is 0 Å². The molecule has 0 atom stereocenters. The monoisotopic (exact) mass is 317 g/mol. The Kier molecular flexibility index (Phi) is 7.27. The third-order valence-corrected chi connectivity index (χ3v) is 3.91. The van der Waals surface area contributed by atoms with Gasteiger partial charge >= 0.3 is 0 Å². The van der Waals surface area contributed by atoms with E-state index in [4.69, 9.17) is 16.3 Å². The number of rotatable bonds is 9. The molecule has 0 bridgehead atoms. The number of ether oxygens (including phenoxy) is 1. The van der Waals surface area contributed by atoms with Crippen LogP contribution in [0.25, 0.3) is 0 Å². The maximum atomic E-state index is 6.14. The molecule has 0 aliphatic heterocycles. The summed E-state index contributed by atoms with van der Waals surface area (Å²) in [5, 5.41) is 4.22. The number of hydrogen-bond acceptors (Lipinski definition) is 2. The zero-order valence-electron chi connectivity index (χ0n) is 13.1. The normalized spacial score (nSPS) is 10.6. The van der Waals surface area contributed by atoms with E-state index in [0.717, 1.165) is 29.4 Å². The largest absolute Gasteiger partial charge is 0.489 e. The molecule has 0 saturated heterocycles. The minimum absolute atomic E-state index is 0.493. The summed E-state index contributed by atoms with van der Waals surface area (Å²) >= 11 is 6.14. The SMILES string of the molecule is CCCCCNCc1cccc(OCc2ccccc2Cl)c1. The number of halogens is 1. The number of benzene rings is 2. The van der Waals surface area contributed by atoms with E-state index in [1.807, 2.05) is 36.4 Å². The summed E-state index contributed by atoms with van der Waals surface area (Å²) in [5.74, 6) is 0.882. The number of nitrogens with one attached hydrogen (secondary N) is 1. The fourth-order valence-electron chi connectivity index (χ4n) is 2.25. The average molecular weight is 318 g/mol. The Bertz CT molecular complexity index is 571. The van der Waals surface area contributed by atoms with Crippen molar-refractivity contribution in [1.82, 2.24) is 5.32 Å². The molecular formula is C19H24ClNO. The van der Waals surface area contributed by atoms with E-state index in [2.05, 4.69) is 24.4 Å². The minimum Gasteiger partial charge on any atom is -0.489 e. The fraction of sp³-hybridized carbons (Fsp3) is 0.368. The van der Waals surface area contributed by atoms with Crippen LogP contribution in [0.3, 0.4) is 0 Å². The maximum Gasteiger partial charge on any atom is 0.120 e. The first kappa shape index (κ1) is 16.9. The van der Waals surface area contributed by atoms with Gasteiger partial charge in [-0.1, -0.05) is 61.7 Å². The molecule has 22 heavy (non-hydrogen) atoms. The molecule has 0 aliphatic rings. The summed E-state index contributed by atoms with van der Waals surface area (Å²) in [6.45, 7) is 4.67. The summed E-state index contributed by atoms with van der Waals surface area (Å²) in [6.07, 6.45) is 3.78. The van der Waals surface area contributed by atoms with E-state index in [9.17, 15) is 0 Å². The van der Waals surface area contributed by atoms with Gasteiger partial charge < -0.3 is 10.1 Å². The van der Waals surface area contributed by atoms with Gasteiger partial charge in [0.2, 0.25) is 0 Å². The smallest absolute Gasteiger partial charge is 0.120 e. The number of hydrogen-bond donors (Lipinski definition) is 1. The lowest BCUT2D eigenvalue weighted by Crippen LogP contribution is -2.14. The Balaban J connectivity index is 1.82. The molecule has 0 amide bonds. The molecular weight excluding hydrogens is 294 g/mol. The van der Waals surface area contributed by atoms with Crippen LogP contribution in [0.4, 0.5) is 0 Å². The summed E-state index contributed by atoms with van der Waals surface area (Å²) < 4.78 is 5.85. The van der Waals surface area contributed by atoms with Crippen LogP contribution in [0.5, 0.6) is 5.75 Å². The predicted octanol–water partition coefficient (Wildman–Crippen LogP) is 5.20. The van der Waals surface area contributed by atoms with Gasteiger partial charge in [-0.05, 0) is 36.7 Å². The van der Waals surface area contributed by atoms with Crippen LogP contribution in [0.1, 0.15) is 37.3 Å². The standard InChI is InChI=1S/C19H24ClNO/c1-2-3-6-12-21-14-16-8-7-10-18(13-16)22-15-17-9-4-5-11-19(17)20/h4-5,7-11,13,21H,2-3,6,12,14-15H2,1H3. The Morgan fingerprint density at radius 2 is 1.91 bits per heavy atom. The van der Waals surface area contributed by atoms with E-state index in [0.29, 0.717) is 6.61 Å². The molecule has 0 unspecified atom stereocenters. The lowest BCUT2D eigenvalue weighted by atomic mass is 10.2. The molecule has 0 heterocycles. The van der Waals surface area contributed by atoms with Gasteiger partial charge in [0.1, 0.15) is 12.4 Å². The summed E-state index contributed by atoms with van der Waals surface area (Å²) in [4.78, 5) is 0. The molecule has 0 fully saturated rings. The third kappa shape index (κ3) is 5.70. The molecule has 0 saturated carbocycles. The van der Waals surface area contributed by atoms with Crippen LogP contribution in [0.2, 0.25) is 5.02 Å². The van der Waals surface area contributed by atoms with E-state index in [1.54, 1.807) is 0 Å². The van der Waals surface area contributed by atoms with Crippen molar-refractivity contribution in [2.24, 2.45) is 0 Å². The van der Waals surface area contributed by atoms with Crippen molar-refractivity contribution in [3.8, 4) is 5.75 Å². The van der Waals surface area contributed by atoms with Crippen LogP contribution < -0.4 is 10.1 Å². The Labute approximate surface area is 138 Å². The van der Waals surface area contributed by atoms with Crippen molar-refractivity contribution in [3.05, 3.63) is 64.7 Å². The summed E-state index contributed by atoms with van der Waals surface area (Å²) in [7, 11) is 0. The molecule has 118 valence electrons. The minimum atomic E-state index is 0.493. The first-order valence-electron chi connectivity index (χ1n) is 7.95. The second kappa shape index (κ2) is 9.50. The van der Waals surface area contributed by atoms with E-state index in [1.165, 1.54) is 24.8 Å². The highest BCUT2D eigenvalue weighted by Crippen LogP contribution is 2.19. The number of unbranched alkanes of at least 4 members (excludes halogenated alkanes) is 2. The molecule has 0 spiro atoms. The van der Waals surface area contributed by atoms with Crippen molar-refractivity contribution in [2.45, 2.75) is 39.3 Å². The molecule has 3 heteroatoms. The first-order chi connectivity index (χ1) is 10.8. The average Bonchev–Trinajstić information content (AvgIpc) is 2.54. The molecule has 2 rings (SSSR count). The van der Waals surface area contributed by atoms with Crippen LogP contribution in [0.15, 0.2) is 48.5 Å². The van der Waals surface area contributed by atoms with E-state index < -0.39 is 0 Å². The second-order valence-corrected chi connectivity index (χ2v) is 5.82. The van der Waals surface area contributed by atoms with E-state index >= 15 is 0 Å². The van der Waals surface area contributed by atoms with Crippen molar-refractivity contribution in [3.63, 3.8) is 0 Å². The van der Waals surface area contributed by atoms with Gasteiger partial charge in [0.25, 0.3) is 0 Å². The van der Waals surface area contributed by atoms with Gasteiger partial charge in [-0.2, -0.15) is 0 Å². The Hall–Kier alpha value is -1.51.